The summed E-state index contributed by atoms with van der Waals surface area (Å²) in [6.07, 6.45) is 4.06. The van der Waals surface area contributed by atoms with Crippen LogP contribution in [0.3, 0.4) is 0 Å². The Balaban J connectivity index is 2.00. The molecular weight excluding hydrogens is 302 g/mol. The third-order valence-corrected chi connectivity index (χ3v) is 4.34. The molecule has 0 bridgehead atoms. The fourth-order valence-electron chi connectivity index (χ4n) is 2.97. The number of hydrogen-bond acceptors (Lipinski definition) is 2. The molecule has 3 atom stereocenters. The summed E-state index contributed by atoms with van der Waals surface area (Å²) in [4.78, 5) is 0. The lowest BCUT2D eigenvalue weighted by Crippen LogP contribution is -2.42. The van der Waals surface area contributed by atoms with Crippen LogP contribution in [-0.2, 0) is 4.74 Å². The van der Waals surface area contributed by atoms with Gasteiger partial charge in [-0.3, -0.25) is 0 Å². The summed E-state index contributed by atoms with van der Waals surface area (Å²) in [6.45, 7) is 6.59. The SMILES string of the molecule is CCC(NC1CC(C)OC(C)C1)c1ccc(Br)cc1. The average molecular weight is 326 g/mol. The molecule has 0 radical (unpaired) electrons. The van der Waals surface area contributed by atoms with E-state index in [1.165, 1.54) is 5.56 Å². The molecule has 0 aromatic heterocycles. The summed E-state index contributed by atoms with van der Waals surface area (Å²) in [7, 11) is 0. The number of halogens is 1. The lowest BCUT2D eigenvalue weighted by atomic mass is 9.96. The van der Waals surface area contributed by atoms with Gasteiger partial charge in [0.15, 0.2) is 0 Å². The maximum Gasteiger partial charge on any atom is 0.0565 e. The van der Waals surface area contributed by atoms with E-state index in [2.05, 4.69) is 66.3 Å². The van der Waals surface area contributed by atoms with Crippen molar-refractivity contribution in [2.24, 2.45) is 0 Å². The summed E-state index contributed by atoms with van der Waals surface area (Å²) < 4.78 is 6.95. The molecule has 0 spiro atoms. The van der Waals surface area contributed by atoms with Crippen LogP contribution in [0.25, 0.3) is 0 Å². The number of nitrogens with one attached hydrogen (secondary N) is 1. The predicted molar refractivity (Wildman–Crippen MR) is 83.3 cm³/mol. The average Bonchev–Trinajstić information content (AvgIpc) is 2.36. The Morgan fingerprint density at radius 3 is 2.32 bits per heavy atom. The molecule has 1 aromatic rings. The minimum absolute atomic E-state index is 0.365. The van der Waals surface area contributed by atoms with Crippen molar-refractivity contribution in [2.45, 2.75) is 64.3 Å². The van der Waals surface area contributed by atoms with E-state index >= 15 is 0 Å². The van der Waals surface area contributed by atoms with E-state index in [4.69, 9.17) is 4.74 Å². The van der Waals surface area contributed by atoms with Gasteiger partial charge in [-0.25, -0.2) is 0 Å². The van der Waals surface area contributed by atoms with E-state index in [-0.39, 0.29) is 0 Å². The number of benzene rings is 1. The van der Waals surface area contributed by atoms with Crippen molar-refractivity contribution in [1.82, 2.24) is 5.32 Å². The first kappa shape index (κ1) is 15.0. The highest BCUT2D eigenvalue weighted by atomic mass is 79.9. The van der Waals surface area contributed by atoms with Crippen LogP contribution in [-0.4, -0.2) is 18.2 Å². The number of ether oxygens (including phenoxy) is 1. The fourth-order valence-corrected chi connectivity index (χ4v) is 3.24. The smallest absolute Gasteiger partial charge is 0.0565 e. The summed E-state index contributed by atoms with van der Waals surface area (Å²) in [5, 5.41) is 3.81. The molecule has 1 fully saturated rings. The van der Waals surface area contributed by atoms with Crippen molar-refractivity contribution >= 4 is 15.9 Å². The minimum Gasteiger partial charge on any atom is -0.375 e. The molecule has 2 nitrogen and oxygen atoms in total. The van der Waals surface area contributed by atoms with Crippen LogP contribution in [0.2, 0.25) is 0 Å². The van der Waals surface area contributed by atoms with Crippen molar-refractivity contribution in [3.63, 3.8) is 0 Å². The highest BCUT2D eigenvalue weighted by Gasteiger charge is 2.26. The van der Waals surface area contributed by atoms with Gasteiger partial charge in [0.2, 0.25) is 0 Å². The molecule has 0 aliphatic carbocycles. The molecule has 1 aliphatic rings. The third-order valence-electron chi connectivity index (χ3n) is 3.82. The van der Waals surface area contributed by atoms with Crippen molar-refractivity contribution in [2.75, 3.05) is 0 Å². The summed E-state index contributed by atoms with van der Waals surface area (Å²) in [6, 6.07) is 9.65. The number of rotatable bonds is 4. The van der Waals surface area contributed by atoms with Crippen LogP contribution >= 0.6 is 15.9 Å². The van der Waals surface area contributed by atoms with Crippen LogP contribution in [0.4, 0.5) is 0 Å². The summed E-state index contributed by atoms with van der Waals surface area (Å²) in [5.41, 5.74) is 1.37. The van der Waals surface area contributed by atoms with E-state index in [9.17, 15) is 0 Å². The molecule has 1 heterocycles. The lowest BCUT2D eigenvalue weighted by molar-refractivity contribution is -0.0437. The zero-order valence-electron chi connectivity index (χ0n) is 12.0. The normalized spacial score (nSPS) is 29.2. The third kappa shape index (κ3) is 4.30. The second-order valence-corrected chi connectivity index (χ2v) is 6.52. The van der Waals surface area contributed by atoms with Gasteiger partial charge in [-0.15, -0.1) is 0 Å². The molecule has 3 unspecified atom stereocenters. The van der Waals surface area contributed by atoms with E-state index in [0.717, 1.165) is 23.7 Å². The van der Waals surface area contributed by atoms with E-state index in [0.29, 0.717) is 24.3 Å². The first-order chi connectivity index (χ1) is 9.08. The van der Waals surface area contributed by atoms with Gasteiger partial charge in [0.1, 0.15) is 0 Å². The molecule has 19 heavy (non-hydrogen) atoms. The molecule has 1 aromatic carbocycles. The topological polar surface area (TPSA) is 21.3 Å². The van der Waals surface area contributed by atoms with Crippen molar-refractivity contribution < 1.29 is 4.74 Å². The Bertz CT molecular complexity index is 382. The zero-order chi connectivity index (χ0) is 13.8. The Kier molecular flexibility index (Phi) is 5.43. The molecular formula is C16H24BrNO. The van der Waals surface area contributed by atoms with Crippen LogP contribution in [0, 0.1) is 0 Å². The van der Waals surface area contributed by atoms with Gasteiger partial charge < -0.3 is 10.1 Å². The highest BCUT2D eigenvalue weighted by molar-refractivity contribution is 9.10. The van der Waals surface area contributed by atoms with Gasteiger partial charge in [-0.2, -0.15) is 0 Å². The molecule has 1 aliphatic heterocycles. The van der Waals surface area contributed by atoms with Gasteiger partial charge in [0.25, 0.3) is 0 Å². The molecule has 1 N–H and O–H groups in total. The Hall–Kier alpha value is -0.380. The van der Waals surface area contributed by atoms with Gasteiger partial charge in [0.05, 0.1) is 12.2 Å². The van der Waals surface area contributed by atoms with Crippen LogP contribution in [0.1, 0.15) is 51.6 Å². The number of hydrogen-bond donors (Lipinski definition) is 1. The quantitative estimate of drug-likeness (QED) is 0.883. The van der Waals surface area contributed by atoms with Crippen molar-refractivity contribution in [3.8, 4) is 0 Å². The van der Waals surface area contributed by atoms with Crippen molar-refractivity contribution in [1.29, 1.82) is 0 Å². The summed E-state index contributed by atoms with van der Waals surface area (Å²) >= 11 is 3.49. The Morgan fingerprint density at radius 1 is 1.21 bits per heavy atom. The van der Waals surface area contributed by atoms with Crippen LogP contribution < -0.4 is 5.32 Å². The standard InChI is InChI=1S/C16H24BrNO/c1-4-16(13-5-7-14(17)8-6-13)18-15-9-11(2)19-12(3)10-15/h5-8,11-12,15-16,18H,4,9-10H2,1-3H3. The van der Waals surface area contributed by atoms with E-state index in [1.54, 1.807) is 0 Å². The largest absolute Gasteiger partial charge is 0.375 e. The lowest BCUT2D eigenvalue weighted by Gasteiger charge is -2.35. The molecule has 1 saturated heterocycles. The molecule has 0 saturated carbocycles. The maximum absolute atomic E-state index is 5.81. The van der Waals surface area contributed by atoms with Crippen LogP contribution in [0.15, 0.2) is 28.7 Å². The molecule has 3 heteroatoms. The van der Waals surface area contributed by atoms with Crippen LogP contribution in [0.5, 0.6) is 0 Å². The highest BCUT2D eigenvalue weighted by Crippen LogP contribution is 2.25. The first-order valence-corrected chi connectivity index (χ1v) is 8.04. The molecule has 106 valence electrons. The second-order valence-electron chi connectivity index (χ2n) is 5.60. The van der Waals surface area contributed by atoms with Gasteiger partial charge in [0, 0.05) is 16.6 Å². The second kappa shape index (κ2) is 6.87. The first-order valence-electron chi connectivity index (χ1n) is 7.25. The van der Waals surface area contributed by atoms with Crippen molar-refractivity contribution in [3.05, 3.63) is 34.3 Å². The predicted octanol–water partition coefficient (Wildman–Crippen LogP) is 4.45. The van der Waals surface area contributed by atoms with Gasteiger partial charge in [-0.1, -0.05) is 35.0 Å². The fraction of sp³-hybridized carbons (Fsp3) is 0.625. The molecule has 2 rings (SSSR count). The Labute approximate surface area is 125 Å². The Morgan fingerprint density at radius 2 is 1.79 bits per heavy atom. The van der Waals surface area contributed by atoms with Gasteiger partial charge in [-0.05, 0) is 50.8 Å². The zero-order valence-corrected chi connectivity index (χ0v) is 13.6. The molecule has 0 amide bonds. The van der Waals surface area contributed by atoms with E-state index in [1.807, 2.05) is 0 Å². The maximum atomic E-state index is 5.81. The van der Waals surface area contributed by atoms with E-state index < -0.39 is 0 Å². The van der Waals surface area contributed by atoms with Gasteiger partial charge >= 0.3 is 0 Å². The minimum atomic E-state index is 0.365. The summed E-state index contributed by atoms with van der Waals surface area (Å²) in [5.74, 6) is 0. The monoisotopic (exact) mass is 325 g/mol.